The van der Waals surface area contributed by atoms with Crippen molar-refractivity contribution in [2.45, 2.75) is 59.1 Å². The van der Waals surface area contributed by atoms with Crippen LogP contribution in [0.1, 0.15) is 57.5 Å². The molecule has 2 N–H and O–H groups in total. The lowest BCUT2D eigenvalue weighted by Crippen LogP contribution is -2.33. The molecule has 1 atom stereocenters. The lowest BCUT2D eigenvalue weighted by molar-refractivity contribution is -0.122. The summed E-state index contributed by atoms with van der Waals surface area (Å²) in [5.74, 6) is 0.0865. The number of amides is 2. The van der Waals surface area contributed by atoms with Crippen LogP contribution in [0.3, 0.4) is 0 Å². The number of ether oxygens (including phenoxy) is 1. The molecule has 0 aliphatic rings. The fourth-order valence-electron chi connectivity index (χ4n) is 2.66. The second-order valence-corrected chi connectivity index (χ2v) is 8.20. The zero-order chi connectivity index (χ0) is 20.9. The fourth-order valence-corrected chi connectivity index (χ4v) is 2.66. The molecule has 0 aliphatic heterocycles. The Balaban J connectivity index is 2.06. The molecule has 2 amide bonds. The van der Waals surface area contributed by atoms with Crippen molar-refractivity contribution >= 4 is 17.5 Å². The van der Waals surface area contributed by atoms with E-state index in [1.807, 2.05) is 38.1 Å². The van der Waals surface area contributed by atoms with Gasteiger partial charge in [-0.05, 0) is 56.0 Å². The summed E-state index contributed by atoms with van der Waals surface area (Å²) < 4.78 is 5.77. The summed E-state index contributed by atoms with van der Waals surface area (Å²) in [6, 6.07) is 14.7. The van der Waals surface area contributed by atoms with Gasteiger partial charge in [0.05, 0.1) is 11.3 Å². The molecule has 0 heterocycles. The van der Waals surface area contributed by atoms with E-state index in [9.17, 15) is 9.59 Å². The molecule has 0 spiro atoms. The summed E-state index contributed by atoms with van der Waals surface area (Å²) in [5.41, 5.74) is 2.14. The fraction of sp³-hybridized carbons (Fsp3) is 0.391. The normalized spacial score (nSPS) is 12.4. The van der Waals surface area contributed by atoms with Crippen LogP contribution in [0.25, 0.3) is 0 Å². The number of anilines is 1. The monoisotopic (exact) mass is 382 g/mol. The van der Waals surface area contributed by atoms with E-state index in [1.54, 1.807) is 31.2 Å². The minimum absolute atomic E-state index is 0.00887. The topological polar surface area (TPSA) is 67.4 Å². The number of rotatable bonds is 6. The second-order valence-electron chi connectivity index (χ2n) is 8.20. The first kappa shape index (κ1) is 21.5. The standard InChI is InChI=1S/C23H30N2O3/c1-15(2)24-22(27)19-9-7-8-10-20(19)25-21(26)16(3)28-18-13-11-17(12-14-18)23(4,5)6/h7-16H,1-6H3,(H,24,27)(H,25,26)/t16-/m1/s1. The van der Waals surface area contributed by atoms with Crippen LogP contribution in [0.5, 0.6) is 5.75 Å². The average molecular weight is 383 g/mol. The van der Waals surface area contributed by atoms with Crippen molar-refractivity contribution in [3.05, 3.63) is 59.7 Å². The molecule has 0 unspecified atom stereocenters. The molecule has 28 heavy (non-hydrogen) atoms. The van der Waals surface area contributed by atoms with Crippen molar-refractivity contribution in [1.82, 2.24) is 5.32 Å². The molecule has 0 bridgehead atoms. The molecule has 5 heteroatoms. The Labute approximate surface area is 167 Å². The van der Waals surface area contributed by atoms with Gasteiger partial charge in [0.1, 0.15) is 5.75 Å². The number of nitrogens with one attached hydrogen (secondary N) is 2. The molecule has 0 radical (unpaired) electrons. The van der Waals surface area contributed by atoms with Gasteiger partial charge in [-0.15, -0.1) is 0 Å². The summed E-state index contributed by atoms with van der Waals surface area (Å²) in [6.07, 6.45) is -0.707. The van der Waals surface area contributed by atoms with Gasteiger partial charge in [0, 0.05) is 6.04 Å². The zero-order valence-electron chi connectivity index (χ0n) is 17.5. The molecule has 150 valence electrons. The Morgan fingerprint density at radius 3 is 2.11 bits per heavy atom. The Morgan fingerprint density at radius 2 is 1.54 bits per heavy atom. The first-order valence-electron chi connectivity index (χ1n) is 9.56. The smallest absolute Gasteiger partial charge is 0.265 e. The van der Waals surface area contributed by atoms with Crippen molar-refractivity contribution in [3.8, 4) is 5.75 Å². The van der Waals surface area contributed by atoms with E-state index >= 15 is 0 Å². The van der Waals surface area contributed by atoms with Gasteiger partial charge < -0.3 is 15.4 Å². The first-order chi connectivity index (χ1) is 13.1. The highest BCUT2D eigenvalue weighted by molar-refractivity contribution is 6.04. The number of hydrogen-bond acceptors (Lipinski definition) is 3. The third kappa shape index (κ3) is 5.84. The lowest BCUT2D eigenvalue weighted by atomic mass is 9.87. The zero-order valence-corrected chi connectivity index (χ0v) is 17.5. The SMILES string of the molecule is CC(C)NC(=O)c1ccccc1NC(=O)[C@@H](C)Oc1ccc(C(C)(C)C)cc1. The van der Waals surface area contributed by atoms with Gasteiger partial charge in [0.2, 0.25) is 0 Å². The quantitative estimate of drug-likeness (QED) is 0.771. The molecule has 0 saturated carbocycles. The van der Waals surface area contributed by atoms with Gasteiger partial charge in [-0.25, -0.2) is 0 Å². The Hall–Kier alpha value is -2.82. The maximum atomic E-state index is 12.6. The maximum Gasteiger partial charge on any atom is 0.265 e. The van der Waals surface area contributed by atoms with Crippen LogP contribution in [0, 0.1) is 0 Å². The van der Waals surface area contributed by atoms with Crippen molar-refractivity contribution in [2.24, 2.45) is 0 Å². The van der Waals surface area contributed by atoms with Crippen LogP contribution in [0.4, 0.5) is 5.69 Å². The highest BCUT2D eigenvalue weighted by atomic mass is 16.5. The minimum atomic E-state index is -0.707. The average Bonchev–Trinajstić information content (AvgIpc) is 2.61. The van der Waals surface area contributed by atoms with E-state index < -0.39 is 6.10 Å². The van der Waals surface area contributed by atoms with Crippen LogP contribution in [-0.2, 0) is 10.2 Å². The van der Waals surface area contributed by atoms with Crippen LogP contribution in [-0.4, -0.2) is 24.0 Å². The van der Waals surface area contributed by atoms with Crippen molar-refractivity contribution < 1.29 is 14.3 Å². The number of hydrogen-bond donors (Lipinski definition) is 2. The maximum absolute atomic E-state index is 12.6. The Kier molecular flexibility index (Phi) is 6.84. The van der Waals surface area contributed by atoms with E-state index in [-0.39, 0.29) is 23.3 Å². The highest BCUT2D eigenvalue weighted by Crippen LogP contribution is 2.25. The number of carbonyl (C=O) groups is 2. The molecule has 2 rings (SSSR count). The van der Waals surface area contributed by atoms with E-state index in [0.29, 0.717) is 17.0 Å². The summed E-state index contributed by atoms with van der Waals surface area (Å²) in [6.45, 7) is 11.9. The first-order valence-corrected chi connectivity index (χ1v) is 9.56. The van der Waals surface area contributed by atoms with Crippen LogP contribution < -0.4 is 15.4 Å². The predicted octanol–water partition coefficient (Wildman–Crippen LogP) is 4.53. The van der Waals surface area contributed by atoms with Crippen molar-refractivity contribution in [3.63, 3.8) is 0 Å². The largest absolute Gasteiger partial charge is 0.481 e. The molecule has 0 saturated heterocycles. The molecule has 0 aromatic heterocycles. The van der Waals surface area contributed by atoms with E-state index in [0.717, 1.165) is 0 Å². The number of para-hydroxylation sites is 1. The van der Waals surface area contributed by atoms with Crippen LogP contribution in [0.15, 0.2) is 48.5 Å². The minimum Gasteiger partial charge on any atom is -0.481 e. The third-order valence-electron chi connectivity index (χ3n) is 4.25. The van der Waals surface area contributed by atoms with Gasteiger partial charge in [0.15, 0.2) is 6.10 Å². The van der Waals surface area contributed by atoms with E-state index in [1.165, 1.54) is 5.56 Å². The molecule has 5 nitrogen and oxygen atoms in total. The lowest BCUT2D eigenvalue weighted by Gasteiger charge is -2.20. The van der Waals surface area contributed by atoms with Crippen molar-refractivity contribution in [2.75, 3.05) is 5.32 Å². The van der Waals surface area contributed by atoms with Gasteiger partial charge in [-0.1, -0.05) is 45.0 Å². The molecule has 0 aliphatic carbocycles. The van der Waals surface area contributed by atoms with Gasteiger partial charge in [-0.3, -0.25) is 9.59 Å². The van der Waals surface area contributed by atoms with E-state index in [4.69, 9.17) is 4.74 Å². The molecular weight excluding hydrogens is 352 g/mol. The van der Waals surface area contributed by atoms with Crippen LogP contribution in [0.2, 0.25) is 0 Å². The Bertz CT molecular complexity index is 820. The molecular formula is C23H30N2O3. The van der Waals surface area contributed by atoms with Gasteiger partial charge >= 0.3 is 0 Å². The molecule has 2 aromatic carbocycles. The Morgan fingerprint density at radius 1 is 0.929 bits per heavy atom. The number of carbonyl (C=O) groups excluding carboxylic acids is 2. The summed E-state index contributed by atoms with van der Waals surface area (Å²) in [7, 11) is 0. The third-order valence-corrected chi connectivity index (χ3v) is 4.25. The second kappa shape index (κ2) is 8.91. The van der Waals surface area contributed by atoms with Gasteiger partial charge in [0.25, 0.3) is 11.8 Å². The molecule has 0 fully saturated rings. The van der Waals surface area contributed by atoms with Crippen molar-refractivity contribution in [1.29, 1.82) is 0 Å². The molecule has 2 aromatic rings. The number of benzene rings is 2. The van der Waals surface area contributed by atoms with E-state index in [2.05, 4.69) is 31.4 Å². The summed E-state index contributed by atoms with van der Waals surface area (Å²) in [5, 5.41) is 5.63. The summed E-state index contributed by atoms with van der Waals surface area (Å²) in [4.78, 5) is 24.9. The van der Waals surface area contributed by atoms with Gasteiger partial charge in [-0.2, -0.15) is 0 Å². The van der Waals surface area contributed by atoms with Crippen LogP contribution >= 0.6 is 0 Å². The highest BCUT2D eigenvalue weighted by Gasteiger charge is 2.19. The summed E-state index contributed by atoms with van der Waals surface area (Å²) >= 11 is 0. The predicted molar refractivity (Wildman–Crippen MR) is 113 cm³/mol.